The molecule has 1 aliphatic heterocycles. The first-order valence-electron chi connectivity index (χ1n) is 8.32. The zero-order valence-corrected chi connectivity index (χ0v) is 15.5. The Morgan fingerprint density at radius 3 is 2.48 bits per heavy atom. The minimum atomic E-state index is 0. The molecule has 0 aliphatic carbocycles. The predicted octanol–water partition coefficient (Wildman–Crippen LogP) is -0.602. The van der Waals surface area contributed by atoms with Crippen LogP contribution in [0.25, 0.3) is 6.08 Å². The Bertz CT molecular complexity index is 711. The summed E-state index contributed by atoms with van der Waals surface area (Å²) in [5.41, 5.74) is 1.90. The van der Waals surface area contributed by atoms with Crippen molar-refractivity contribution < 1.29 is 22.1 Å². The van der Waals surface area contributed by atoms with Crippen molar-refractivity contribution in [3.05, 3.63) is 76.8 Å². The Hall–Kier alpha value is -1.81. The molecule has 1 aliphatic rings. The molecule has 0 atom stereocenters. The van der Waals surface area contributed by atoms with Crippen molar-refractivity contribution in [1.82, 2.24) is 4.90 Å². The molecule has 2 aromatic carbocycles. The second-order valence-electron chi connectivity index (χ2n) is 6.07. The Balaban J connectivity index is 0.00000225. The van der Waals surface area contributed by atoms with E-state index in [0.29, 0.717) is 10.6 Å². The van der Waals surface area contributed by atoms with E-state index in [1.165, 1.54) is 10.5 Å². The lowest BCUT2D eigenvalue weighted by atomic mass is 10.2. The molecule has 5 heteroatoms. The third-order valence-electron chi connectivity index (χ3n) is 4.35. The molecule has 0 bridgehead atoms. The van der Waals surface area contributed by atoms with Crippen LogP contribution >= 0.6 is 11.6 Å². The van der Waals surface area contributed by atoms with Gasteiger partial charge in [0.2, 0.25) is 0 Å². The minimum Gasteiger partial charge on any atom is -1.00 e. The highest BCUT2D eigenvalue weighted by Crippen LogP contribution is 2.12. The van der Waals surface area contributed by atoms with Crippen molar-refractivity contribution in [3.63, 3.8) is 0 Å². The second-order valence-corrected chi connectivity index (χ2v) is 6.51. The molecule has 132 valence electrons. The van der Waals surface area contributed by atoms with Crippen LogP contribution in [0.15, 0.2) is 60.7 Å². The van der Waals surface area contributed by atoms with Gasteiger partial charge in [-0.05, 0) is 29.8 Å². The largest absolute Gasteiger partial charge is 1.00 e. The van der Waals surface area contributed by atoms with Gasteiger partial charge in [-0.1, -0.05) is 54.1 Å². The van der Waals surface area contributed by atoms with Crippen molar-refractivity contribution in [2.75, 3.05) is 32.7 Å². The topological polar surface area (TPSA) is 24.8 Å². The molecule has 0 saturated carbocycles. The Labute approximate surface area is 160 Å². The molecule has 3 rings (SSSR count). The van der Waals surface area contributed by atoms with Crippen LogP contribution in [-0.2, 0) is 0 Å². The second kappa shape index (κ2) is 9.62. The van der Waals surface area contributed by atoms with E-state index in [1.54, 1.807) is 12.1 Å². The molecule has 0 aromatic heterocycles. The first-order chi connectivity index (χ1) is 11.7. The molecule has 25 heavy (non-hydrogen) atoms. The third-order valence-corrected chi connectivity index (χ3v) is 4.58. The molecule has 1 N–H and O–H groups in total. The SMILES string of the molecule is O=C(c1cccc(Cl)c1)N1CC[NH+](CC=Cc2ccccc2)CC1.[Cl-]. The number of carbonyl (C=O) groups is 1. The van der Waals surface area contributed by atoms with E-state index in [0.717, 1.165) is 32.7 Å². The fourth-order valence-electron chi connectivity index (χ4n) is 2.96. The first kappa shape index (κ1) is 19.5. The number of benzene rings is 2. The summed E-state index contributed by atoms with van der Waals surface area (Å²) in [6.45, 7) is 4.53. The normalized spacial score (nSPS) is 15.2. The number of rotatable bonds is 4. The van der Waals surface area contributed by atoms with E-state index in [4.69, 9.17) is 11.6 Å². The summed E-state index contributed by atoms with van der Waals surface area (Å²) < 4.78 is 0. The summed E-state index contributed by atoms with van der Waals surface area (Å²) in [7, 11) is 0. The fourth-order valence-corrected chi connectivity index (χ4v) is 3.15. The average molecular weight is 377 g/mol. The van der Waals surface area contributed by atoms with E-state index >= 15 is 0 Å². The maximum absolute atomic E-state index is 12.5. The van der Waals surface area contributed by atoms with Crippen LogP contribution in [0, 0.1) is 0 Å². The van der Waals surface area contributed by atoms with Crippen LogP contribution in [0.4, 0.5) is 0 Å². The molecule has 1 heterocycles. The first-order valence-corrected chi connectivity index (χ1v) is 8.70. The van der Waals surface area contributed by atoms with Gasteiger partial charge >= 0.3 is 0 Å². The standard InChI is InChI=1S/C20H21ClN2O.ClH/c21-19-10-4-9-18(16-19)20(24)23-14-12-22(13-15-23)11-5-8-17-6-2-1-3-7-17;/h1-10,16H,11-15H2;1H. The van der Waals surface area contributed by atoms with Crippen LogP contribution < -0.4 is 17.3 Å². The van der Waals surface area contributed by atoms with E-state index in [2.05, 4.69) is 24.3 Å². The number of carbonyl (C=O) groups excluding carboxylic acids is 1. The van der Waals surface area contributed by atoms with E-state index in [9.17, 15) is 4.79 Å². The molecule has 1 fully saturated rings. The lowest BCUT2D eigenvalue weighted by Crippen LogP contribution is -3.14. The highest BCUT2D eigenvalue weighted by atomic mass is 35.5. The lowest BCUT2D eigenvalue weighted by Gasteiger charge is -2.31. The molecule has 1 saturated heterocycles. The maximum atomic E-state index is 12.5. The number of nitrogens with zero attached hydrogens (tertiary/aromatic N) is 1. The van der Waals surface area contributed by atoms with Crippen molar-refractivity contribution >= 4 is 23.6 Å². The van der Waals surface area contributed by atoms with Crippen LogP contribution in [0.5, 0.6) is 0 Å². The Kier molecular flexibility index (Phi) is 7.51. The monoisotopic (exact) mass is 376 g/mol. The Morgan fingerprint density at radius 1 is 1.08 bits per heavy atom. The van der Waals surface area contributed by atoms with Crippen molar-refractivity contribution in [1.29, 1.82) is 0 Å². The smallest absolute Gasteiger partial charge is 0.254 e. The number of quaternary nitrogens is 1. The van der Waals surface area contributed by atoms with Crippen LogP contribution in [0.2, 0.25) is 5.02 Å². The van der Waals surface area contributed by atoms with Gasteiger partial charge in [-0.2, -0.15) is 0 Å². The van der Waals surface area contributed by atoms with Gasteiger partial charge in [0, 0.05) is 10.6 Å². The highest BCUT2D eigenvalue weighted by Gasteiger charge is 2.23. The summed E-state index contributed by atoms with van der Waals surface area (Å²) in [5.74, 6) is 0.0800. The summed E-state index contributed by atoms with van der Waals surface area (Å²) in [5, 5.41) is 0.608. The van der Waals surface area contributed by atoms with Crippen molar-refractivity contribution in [2.45, 2.75) is 0 Å². The number of hydrogen-bond acceptors (Lipinski definition) is 1. The molecule has 0 radical (unpaired) electrons. The molecule has 2 aromatic rings. The summed E-state index contributed by atoms with van der Waals surface area (Å²) in [6.07, 6.45) is 4.38. The molecule has 1 amide bonds. The zero-order chi connectivity index (χ0) is 16.8. The third kappa shape index (κ3) is 5.60. The number of piperazine rings is 1. The number of nitrogens with one attached hydrogen (secondary N) is 1. The van der Waals surface area contributed by atoms with Crippen LogP contribution in [-0.4, -0.2) is 43.5 Å². The van der Waals surface area contributed by atoms with E-state index < -0.39 is 0 Å². The van der Waals surface area contributed by atoms with Gasteiger partial charge in [-0.25, -0.2) is 0 Å². The number of halogens is 2. The number of hydrogen-bond donors (Lipinski definition) is 1. The van der Waals surface area contributed by atoms with Gasteiger partial charge in [0.1, 0.15) is 0 Å². The predicted molar refractivity (Wildman–Crippen MR) is 98.4 cm³/mol. The van der Waals surface area contributed by atoms with E-state index in [1.807, 2.05) is 35.2 Å². The van der Waals surface area contributed by atoms with Gasteiger partial charge in [0.25, 0.3) is 5.91 Å². The highest BCUT2D eigenvalue weighted by molar-refractivity contribution is 6.30. The fraction of sp³-hybridized carbons (Fsp3) is 0.250. The molecule has 0 unspecified atom stereocenters. The van der Waals surface area contributed by atoms with Gasteiger partial charge in [-0.3, -0.25) is 4.79 Å². The molecular weight excluding hydrogens is 355 g/mol. The van der Waals surface area contributed by atoms with Gasteiger partial charge in [-0.15, -0.1) is 0 Å². The molecule has 0 spiro atoms. The van der Waals surface area contributed by atoms with Gasteiger partial charge in [0.15, 0.2) is 0 Å². The van der Waals surface area contributed by atoms with Crippen LogP contribution in [0.1, 0.15) is 15.9 Å². The molecule has 3 nitrogen and oxygen atoms in total. The summed E-state index contributed by atoms with van der Waals surface area (Å²) in [6, 6.07) is 17.5. The average Bonchev–Trinajstić information content (AvgIpc) is 2.63. The van der Waals surface area contributed by atoms with Crippen LogP contribution in [0.3, 0.4) is 0 Å². The maximum Gasteiger partial charge on any atom is 0.254 e. The number of amides is 1. The Morgan fingerprint density at radius 2 is 1.80 bits per heavy atom. The van der Waals surface area contributed by atoms with Crippen molar-refractivity contribution in [2.24, 2.45) is 0 Å². The van der Waals surface area contributed by atoms with Crippen molar-refractivity contribution in [3.8, 4) is 0 Å². The summed E-state index contributed by atoms with van der Waals surface area (Å²) in [4.78, 5) is 15.9. The van der Waals surface area contributed by atoms with E-state index in [-0.39, 0.29) is 18.3 Å². The zero-order valence-electron chi connectivity index (χ0n) is 14.0. The van der Waals surface area contributed by atoms with Gasteiger partial charge < -0.3 is 22.2 Å². The quantitative estimate of drug-likeness (QED) is 0.756. The minimum absolute atomic E-state index is 0. The summed E-state index contributed by atoms with van der Waals surface area (Å²) >= 11 is 5.98. The van der Waals surface area contributed by atoms with Gasteiger partial charge in [0.05, 0.1) is 32.7 Å². The molecular formula is C20H22Cl2N2O. The lowest BCUT2D eigenvalue weighted by molar-refractivity contribution is -0.898.